The van der Waals surface area contributed by atoms with Crippen LogP contribution in [0.1, 0.15) is 20.3 Å². The molecule has 18 heteroatoms. The average molecular weight is 572 g/mol. The lowest BCUT2D eigenvalue weighted by molar-refractivity contribution is -0.287. The fourth-order valence-electron chi connectivity index (χ4n) is 4.11. The van der Waals surface area contributed by atoms with Gasteiger partial charge in [-0.25, -0.2) is 8.88 Å². The van der Waals surface area contributed by atoms with Gasteiger partial charge in [0.15, 0.2) is 6.29 Å². The number of nitrogens with zero attached hydrogens (tertiary/aromatic N) is 2. The Morgan fingerprint density at radius 2 is 1.92 bits per heavy atom. The van der Waals surface area contributed by atoms with Gasteiger partial charge in [0.25, 0.3) is 13.7 Å². The average Bonchev–Trinajstić information content (AvgIpc) is 3.12. The molecule has 37 heavy (non-hydrogen) atoms. The Morgan fingerprint density at radius 3 is 2.54 bits per heavy atom. The fraction of sp³-hybridized carbons (Fsp3) is 0.737. The van der Waals surface area contributed by atoms with Gasteiger partial charge in [0.1, 0.15) is 24.3 Å². The number of aliphatic hydroxyl groups is 3. The van der Waals surface area contributed by atoms with Gasteiger partial charge >= 0.3 is 7.82 Å². The molecule has 5 N–H and O–H groups in total. The second-order valence-electron chi connectivity index (χ2n) is 9.10. The normalized spacial score (nSPS) is 38.2. The van der Waals surface area contributed by atoms with Gasteiger partial charge in [0, 0.05) is 18.2 Å². The van der Waals surface area contributed by atoms with E-state index in [0.717, 1.165) is 0 Å². The van der Waals surface area contributed by atoms with Crippen molar-refractivity contribution in [2.24, 2.45) is 0 Å². The van der Waals surface area contributed by atoms with E-state index in [1.54, 1.807) is 6.92 Å². The van der Waals surface area contributed by atoms with Crippen LogP contribution >= 0.6 is 15.6 Å². The third-order valence-corrected chi connectivity index (χ3v) is 8.58. The first-order chi connectivity index (χ1) is 17.0. The summed E-state index contributed by atoms with van der Waals surface area (Å²) >= 11 is 0. The second kappa shape index (κ2) is 11.5. The fourth-order valence-corrected chi connectivity index (χ4v) is 6.23. The van der Waals surface area contributed by atoms with E-state index < -0.39 is 71.3 Å². The Kier molecular flexibility index (Phi) is 9.41. The van der Waals surface area contributed by atoms with Crippen molar-refractivity contribution in [1.29, 1.82) is 0 Å². The number of hydrogen-bond acceptors (Lipinski definition) is 14. The van der Waals surface area contributed by atoms with Crippen LogP contribution in [0.4, 0.5) is 0 Å². The van der Waals surface area contributed by atoms with Crippen LogP contribution in [0.25, 0.3) is 0 Å². The summed E-state index contributed by atoms with van der Waals surface area (Å²) in [6.45, 7) is 5.94. The molecule has 0 spiro atoms. The van der Waals surface area contributed by atoms with Crippen molar-refractivity contribution in [2.45, 2.75) is 69.3 Å². The summed E-state index contributed by atoms with van der Waals surface area (Å²) < 4.78 is 49.0. The number of hydrogen-bond donors (Lipinski definition) is 5. The van der Waals surface area contributed by atoms with Crippen LogP contribution < -0.4 is 10.2 Å². The van der Waals surface area contributed by atoms with Crippen LogP contribution in [0, 0.1) is 0 Å². The van der Waals surface area contributed by atoms with E-state index in [1.807, 2.05) is 0 Å². The summed E-state index contributed by atoms with van der Waals surface area (Å²) in [4.78, 5) is 36.8. The number of ether oxygens (including phenoxy) is 2. The standard InChI is InChI=1S/C19H33N3O13P2/c1-9-7-22(11(3)20-18(9)26)14-6-12(23)13(33-14)8-31-36(27,28)35-37(29,30)34-19-17(25)15(21(4)5)16(24)10(2)32-19/h7,10,12-17,19,23-25H,3,6,8H2,1-2,4-5H3,(H,20,26)(H,27,28)(H,29,30)/p-1/t10?,12?,13-,14-,15+,16+,17?,19+/m1/s1. The lowest BCUT2D eigenvalue weighted by Gasteiger charge is -2.45. The summed E-state index contributed by atoms with van der Waals surface area (Å²) in [5.41, 5.74) is 0.359. The first kappa shape index (κ1) is 30.3. The molecule has 1 amide bonds. The molecule has 0 radical (unpaired) electrons. The molecule has 10 atom stereocenters. The summed E-state index contributed by atoms with van der Waals surface area (Å²) in [5.74, 6) is -0.156. The zero-order valence-corrected chi connectivity index (χ0v) is 22.4. The molecule has 16 nitrogen and oxygen atoms in total. The molecule has 3 rings (SSSR count). The molecule has 5 unspecified atom stereocenters. The third kappa shape index (κ3) is 7.25. The highest BCUT2D eigenvalue weighted by Gasteiger charge is 2.47. The predicted molar refractivity (Wildman–Crippen MR) is 122 cm³/mol. The Balaban J connectivity index is 1.57. The smallest absolute Gasteiger partial charge is 0.478 e. The number of carbonyl (C=O) groups excluding carboxylic acids is 1. The van der Waals surface area contributed by atoms with E-state index in [1.165, 1.54) is 37.0 Å². The van der Waals surface area contributed by atoms with E-state index in [-0.39, 0.29) is 18.1 Å². The van der Waals surface area contributed by atoms with Crippen LogP contribution in [0.15, 0.2) is 24.2 Å². The van der Waals surface area contributed by atoms with Crippen LogP contribution in [0.5, 0.6) is 0 Å². The molecule has 0 aliphatic carbocycles. The first-order valence-electron chi connectivity index (χ1n) is 11.2. The predicted octanol–water partition coefficient (Wildman–Crippen LogP) is -1.72. The minimum atomic E-state index is -5.60. The Labute approximate surface area is 213 Å². The van der Waals surface area contributed by atoms with Crippen molar-refractivity contribution >= 4 is 21.6 Å². The largest absolute Gasteiger partial charge is 0.756 e. The minimum absolute atomic E-state index is 0.0143. The number of aliphatic hydroxyl groups excluding tert-OH is 3. The highest BCUT2D eigenvalue weighted by atomic mass is 31.3. The van der Waals surface area contributed by atoms with Gasteiger partial charge in [-0.3, -0.25) is 18.4 Å². The maximum atomic E-state index is 12.3. The number of phosphoric ester groups is 2. The molecular formula is C19H32N3O13P2-. The lowest BCUT2D eigenvalue weighted by atomic mass is 9.96. The molecule has 0 aromatic carbocycles. The second-order valence-corrected chi connectivity index (χ2v) is 12.0. The van der Waals surface area contributed by atoms with Gasteiger partial charge < -0.3 is 49.7 Å². The van der Waals surface area contributed by atoms with Crippen LogP contribution in [-0.2, 0) is 36.8 Å². The third-order valence-electron chi connectivity index (χ3n) is 6.02. The van der Waals surface area contributed by atoms with E-state index in [4.69, 9.17) is 14.0 Å². The molecule has 0 bridgehead atoms. The molecule has 2 saturated heterocycles. The van der Waals surface area contributed by atoms with Gasteiger partial charge in [0.05, 0.1) is 31.0 Å². The molecule has 0 aromatic rings. The maximum Gasteiger partial charge on any atom is 0.478 e. The first-order valence-corrected chi connectivity index (χ1v) is 14.1. The van der Waals surface area contributed by atoms with Crippen molar-refractivity contribution in [1.82, 2.24) is 15.1 Å². The van der Waals surface area contributed by atoms with Crippen LogP contribution in [0.2, 0.25) is 0 Å². The van der Waals surface area contributed by atoms with Crippen molar-refractivity contribution in [2.75, 3.05) is 20.7 Å². The highest BCUT2D eigenvalue weighted by molar-refractivity contribution is 7.60. The molecule has 2 fully saturated rings. The monoisotopic (exact) mass is 572 g/mol. The Bertz CT molecular complexity index is 1010. The molecule has 212 valence electrons. The zero-order valence-electron chi connectivity index (χ0n) is 20.6. The summed E-state index contributed by atoms with van der Waals surface area (Å²) in [7, 11) is -7.84. The zero-order chi connectivity index (χ0) is 27.9. The van der Waals surface area contributed by atoms with Gasteiger partial charge in [-0.2, -0.15) is 0 Å². The van der Waals surface area contributed by atoms with Crippen molar-refractivity contribution in [3.63, 3.8) is 0 Å². The number of likely N-dealkylation sites (N-methyl/N-ethyl adjacent to an activating group) is 1. The van der Waals surface area contributed by atoms with Crippen molar-refractivity contribution in [3.05, 3.63) is 24.2 Å². The topological polar surface area (TPSA) is 220 Å². The number of nitrogens with one attached hydrogen (secondary N) is 1. The van der Waals surface area contributed by atoms with Crippen LogP contribution in [-0.4, -0.2) is 106 Å². The Morgan fingerprint density at radius 1 is 1.27 bits per heavy atom. The Hall–Kier alpha value is -1.23. The van der Waals surface area contributed by atoms with Gasteiger partial charge in [0.2, 0.25) is 0 Å². The summed E-state index contributed by atoms with van der Waals surface area (Å²) in [6, 6.07) is -0.970. The molecule has 3 heterocycles. The maximum absolute atomic E-state index is 12.3. The van der Waals surface area contributed by atoms with Crippen LogP contribution in [0.3, 0.4) is 0 Å². The van der Waals surface area contributed by atoms with E-state index in [2.05, 4.69) is 20.7 Å². The van der Waals surface area contributed by atoms with E-state index in [0.29, 0.717) is 5.57 Å². The van der Waals surface area contributed by atoms with E-state index in [9.17, 15) is 39.0 Å². The number of phosphoric acid groups is 2. The number of rotatable bonds is 9. The lowest BCUT2D eigenvalue weighted by Crippen LogP contribution is -2.62. The van der Waals surface area contributed by atoms with Gasteiger partial charge in [-0.05, 0) is 27.9 Å². The summed E-state index contributed by atoms with van der Waals surface area (Å²) in [5, 5.41) is 33.4. The molecule has 3 aliphatic heterocycles. The molecular weight excluding hydrogens is 540 g/mol. The van der Waals surface area contributed by atoms with Crippen molar-refractivity contribution in [3.8, 4) is 0 Å². The SMILES string of the molecule is C=C1NC(=O)C(C)=CN1[C@H]1CC(O)[C@@H](COP(=O)(O)OP(=O)([O-])O[C@@H]2OC(C)[C@H](O)[C@H](N(C)C)C2O)O1. The number of carbonyl (C=O) groups is 1. The number of amides is 1. The molecule has 0 saturated carbocycles. The quantitative estimate of drug-likeness (QED) is 0.194. The van der Waals surface area contributed by atoms with E-state index >= 15 is 0 Å². The summed E-state index contributed by atoms with van der Waals surface area (Å²) in [6.07, 6.45) is -7.28. The molecule has 3 aliphatic rings. The molecule has 0 aromatic heterocycles. The van der Waals surface area contributed by atoms with Gasteiger partial charge in [-0.1, -0.05) is 6.58 Å². The highest BCUT2D eigenvalue weighted by Crippen LogP contribution is 2.59. The van der Waals surface area contributed by atoms with Gasteiger partial charge in [-0.15, -0.1) is 0 Å². The van der Waals surface area contributed by atoms with Crippen molar-refractivity contribution < 1.29 is 61.9 Å². The minimum Gasteiger partial charge on any atom is -0.756 e.